The van der Waals surface area contributed by atoms with Crippen molar-refractivity contribution >= 4 is 13.0 Å². The molecule has 1 aromatic rings. The summed E-state index contributed by atoms with van der Waals surface area (Å²) >= 11 is 0. The SMILES string of the molecule is O=C(C1CC[C@H](c2ccccc2)N1)N1CCC[C@H]1B(O)O. The van der Waals surface area contributed by atoms with Crippen LogP contribution in [0.25, 0.3) is 0 Å². The van der Waals surface area contributed by atoms with E-state index in [1.807, 2.05) is 18.2 Å². The third-order valence-corrected chi connectivity index (χ3v) is 4.57. The summed E-state index contributed by atoms with van der Waals surface area (Å²) < 4.78 is 0. The van der Waals surface area contributed by atoms with Gasteiger partial charge in [-0.25, -0.2) is 0 Å². The maximum atomic E-state index is 12.6. The summed E-state index contributed by atoms with van der Waals surface area (Å²) in [6, 6.07) is 10.1. The van der Waals surface area contributed by atoms with E-state index in [0.717, 1.165) is 19.3 Å². The minimum Gasteiger partial charge on any atom is -0.426 e. The molecule has 3 N–H and O–H groups in total. The number of carbonyl (C=O) groups excluding carboxylic acids is 1. The van der Waals surface area contributed by atoms with Crippen molar-refractivity contribution in [3.8, 4) is 0 Å². The molecule has 1 unspecified atom stereocenters. The second-order valence-corrected chi connectivity index (χ2v) is 5.91. The third kappa shape index (κ3) is 2.97. The fourth-order valence-electron chi connectivity index (χ4n) is 3.46. The highest BCUT2D eigenvalue weighted by atomic mass is 16.4. The standard InChI is InChI=1S/C15H21BN2O3/c19-15(18-10-4-7-14(18)16(20)21)13-9-8-12(17-13)11-5-2-1-3-6-11/h1-3,5-6,12-14,17,20-21H,4,7-10H2/t12-,13?,14+/m1/s1. The number of amides is 1. The Bertz CT molecular complexity index is 497. The molecule has 1 aromatic carbocycles. The van der Waals surface area contributed by atoms with Crippen LogP contribution in [0.3, 0.4) is 0 Å². The minimum atomic E-state index is -1.44. The number of hydrogen-bond acceptors (Lipinski definition) is 4. The second-order valence-electron chi connectivity index (χ2n) is 5.91. The van der Waals surface area contributed by atoms with Gasteiger partial charge in [0, 0.05) is 12.6 Å². The van der Waals surface area contributed by atoms with Gasteiger partial charge >= 0.3 is 7.12 Å². The molecule has 3 atom stereocenters. The molecule has 0 saturated carbocycles. The number of nitrogens with zero attached hydrogens (tertiary/aromatic N) is 1. The van der Waals surface area contributed by atoms with E-state index in [-0.39, 0.29) is 18.0 Å². The molecule has 0 spiro atoms. The molecule has 0 bridgehead atoms. The van der Waals surface area contributed by atoms with Gasteiger partial charge in [-0.05, 0) is 31.2 Å². The molecule has 1 amide bonds. The lowest BCUT2D eigenvalue weighted by Gasteiger charge is -2.27. The van der Waals surface area contributed by atoms with Crippen LogP contribution in [0.5, 0.6) is 0 Å². The number of rotatable bonds is 3. The van der Waals surface area contributed by atoms with Crippen molar-refractivity contribution in [3.63, 3.8) is 0 Å². The molecule has 0 aromatic heterocycles. The van der Waals surface area contributed by atoms with Crippen LogP contribution in [-0.2, 0) is 4.79 Å². The molecule has 21 heavy (non-hydrogen) atoms. The Balaban J connectivity index is 1.65. The van der Waals surface area contributed by atoms with Crippen molar-refractivity contribution in [2.45, 2.75) is 43.7 Å². The molecule has 2 aliphatic heterocycles. The highest BCUT2D eigenvalue weighted by molar-refractivity contribution is 6.43. The summed E-state index contributed by atoms with van der Waals surface area (Å²) in [5, 5.41) is 22.2. The Morgan fingerprint density at radius 2 is 1.95 bits per heavy atom. The molecule has 2 aliphatic rings. The Morgan fingerprint density at radius 1 is 1.19 bits per heavy atom. The molecular weight excluding hydrogens is 267 g/mol. The van der Waals surface area contributed by atoms with E-state index in [9.17, 15) is 14.8 Å². The maximum Gasteiger partial charge on any atom is 0.475 e. The van der Waals surface area contributed by atoms with Crippen molar-refractivity contribution in [1.29, 1.82) is 0 Å². The van der Waals surface area contributed by atoms with Gasteiger partial charge in [0.25, 0.3) is 0 Å². The van der Waals surface area contributed by atoms with E-state index in [0.29, 0.717) is 13.0 Å². The lowest BCUT2D eigenvalue weighted by molar-refractivity contribution is -0.133. The minimum absolute atomic E-state index is 0.00373. The van der Waals surface area contributed by atoms with Crippen LogP contribution in [0.1, 0.15) is 37.3 Å². The molecule has 2 fully saturated rings. The van der Waals surface area contributed by atoms with Gasteiger partial charge in [0.1, 0.15) is 0 Å². The Labute approximate surface area is 125 Å². The van der Waals surface area contributed by atoms with E-state index < -0.39 is 13.1 Å². The zero-order valence-electron chi connectivity index (χ0n) is 12.0. The van der Waals surface area contributed by atoms with Crippen molar-refractivity contribution in [2.24, 2.45) is 0 Å². The quantitative estimate of drug-likeness (QED) is 0.708. The van der Waals surface area contributed by atoms with Crippen molar-refractivity contribution in [1.82, 2.24) is 10.2 Å². The first-order chi connectivity index (χ1) is 10.2. The fourth-order valence-corrected chi connectivity index (χ4v) is 3.46. The third-order valence-electron chi connectivity index (χ3n) is 4.57. The first-order valence-electron chi connectivity index (χ1n) is 7.64. The van der Waals surface area contributed by atoms with Gasteiger partial charge < -0.3 is 14.9 Å². The Hall–Kier alpha value is -1.37. The highest BCUT2D eigenvalue weighted by Crippen LogP contribution is 2.29. The number of carbonyl (C=O) groups is 1. The van der Waals surface area contributed by atoms with Crippen LogP contribution in [0.2, 0.25) is 0 Å². The van der Waals surface area contributed by atoms with E-state index >= 15 is 0 Å². The van der Waals surface area contributed by atoms with E-state index in [4.69, 9.17) is 0 Å². The molecule has 2 heterocycles. The topological polar surface area (TPSA) is 72.8 Å². The second kappa shape index (κ2) is 6.18. The van der Waals surface area contributed by atoms with E-state index in [1.165, 1.54) is 5.56 Å². The first kappa shape index (κ1) is 14.6. The average Bonchev–Trinajstić information content (AvgIpc) is 3.17. The summed E-state index contributed by atoms with van der Waals surface area (Å²) in [5.74, 6) is -0.445. The summed E-state index contributed by atoms with van der Waals surface area (Å²) in [7, 11) is -1.44. The highest BCUT2D eigenvalue weighted by Gasteiger charge is 2.41. The van der Waals surface area contributed by atoms with Crippen LogP contribution < -0.4 is 5.32 Å². The number of nitrogens with one attached hydrogen (secondary N) is 1. The van der Waals surface area contributed by atoms with Crippen molar-refractivity contribution < 1.29 is 14.8 Å². The van der Waals surface area contributed by atoms with Gasteiger partial charge in [-0.1, -0.05) is 30.3 Å². The summed E-state index contributed by atoms with van der Waals surface area (Å²) in [4.78, 5) is 14.2. The zero-order chi connectivity index (χ0) is 14.8. The molecule has 112 valence electrons. The van der Waals surface area contributed by atoms with Crippen LogP contribution >= 0.6 is 0 Å². The van der Waals surface area contributed by atoms with Gasteiger partial charge in [-0.15, -0.1) is 0 Å². The lowest BCUT2D eigenvalue weighted by Crippen LogP contribution is -2.51. The van der Waals surface area contributed by atoms with Crippen molar-refractivity contribution in [3.05, 3.63) is 35.9 Å². The van der Waals surface area contributed by atoms with Gasteiger partial charge in [0.2, 0.25) is 5.91 Å². The average molecular weight is 288 g/mol. The largest absolute Gasteiger partial charge is 0.475 e. The van der Waals surface area contributed by atoms with Gasteiger partial charge in [0.05, 0.1) is 12.0 Å². The predicted octanol–water partition coefficient (Wildman–Crippen LogP) is 0.483. The number of hydrogen-bond donors (Lipinski definition) is 3. The smallest absolute Gasteiger partial charge is 0.426 e. The molecule has 6 heteroatoms. The Morgan fingerprint density at radius 3 is 2.67 bits per heavy atom. The first-order valence-corrected chi connectivity index (χ1v) is 7.64. The van der Waals surface area contributed by atoms with E-state index in [1.54, 1.807) is 4.90 Å². The zero-order valence-corrected chi connectivity index (χ0v) is 12.0. The van der Waals surface area contributed by atoms with Gasteiger partial charge in [-0.3, -0.25) is 10.1 Å². The molecular formula is C15H21BN2O3. The predicted molar refractivity (Wildman–Crippen MR) is 80.3 cm³/mol. The van der Waals surface area contributed by atoms with Crippen LogP contribution in [0.15, 0.2) is 30.3 Å². The van der Waals surface area contributed by atoms with Gasteiger partial charge in [0.15, 0.2) is 0 Å². The molecule has 5 nitrogen and oxygen atoms in total. The molecule has 0 radical (unpaired) electrons. The van der Waals surface area contributed by atoms with Crippen LogP contribution in [-0.4, -0.2) is 46.5 Å². The number of benzene rings is 1. The monoisotopic (exact) mass is 288 g/mol. The number of likely N-dealkylation sites (tertiary alicyclic amines) is 1. The molecule has 0 aliphatic carbocycles. The fraction of sp³-hybridized carbons (Fsp3) is 0.533. The Kier molecular flexibility index (Phi) is 4.28. The summed E-state index contributed by atoms with van der Waals surface area (Å²) in [5.41, 5.74) is 1.20. The van der Waals surface area contributed by atoms with E-state index in [2.05, 4.69) is 17.4 Å². The maximum absolute atomic E-state index is 12.6. The van der Waals surface area contributed by atoms with Crippen molar-refractivity contribution in [2.75, 3.05) is 6.54 Å². The molecule has 2 saturated heterocycles. The lowest BCUT2D eigenvalue weighted by atomic mass is 9.77. The normalized spacial score (nSPS) is 28.9. The van der Waals surface area contributed by atoms with Crippen LogP contribution in [0, 0.1) is 0 Å². The summed E-state index contributed by atoms with van der Waals surface area (Å²) in [6.07, 6.45) is 3.23. The van der Waals surface area contributed by atoms with Gasteiger partial charge in [-0.2, -0.15) is 0 Å². The molecule has 3 rings (SSSR count). The van der Waals surface area contributed by atoms with Crippen LogP contribution in [0.4, 0.5) is 0 Å². The summed E-state index contributed by atoms with van der Waals surface area (Å²) in [6.45, 7) is 0.620.